The van der Waals surface area contributed by atoms with E-state index >= 15 is 0 Å². The highest BCUT2D eigenvalue weighted by atomic mass is 35.5. The van der Waals surface area contributed by atoms with Gasteiger partial charge in [-0.1, -0.05) is 95.8 Å². The lowest BCUT2D eigenvalue weighted by molar-refractivity contribution is -0.141. The fourth-order valence-corrected chi connectivity index (χ4v) is 4.85. The van der Waals surface area contributed by atoms with E-state index in [0.29, 0.717) is 37.6 Å². The molecule has 3 aromatic rings. The van der Waals surface area contributed by atoms with E-state index in [1.807, 2.05) is 44.2 Å². The molecule has 0 saturated heterocycles. The lowest BCUT2D eigenvalue weighted by Crippen LogP contribution is -2.52. The van der Waals surface area contributed by atoms with Crippen LogP contribution in [0.25, 0.3) is 0 Å². The largest absolute Gasteiger partial charge is 0.352 e. The summed E-state index contributed by atoms with van der Waals surface area (Å²) in [5, 5.41) is 4.63. The van der Waals surface area contributed by atoms with Gasteiger partial charge in [0, 0.05) is 44.7 Å². The Labute approximate surface area is 232 Å². The van der Waals surface area contributed by atoms with Gasteiger partial charge in [-0.05, 0) is 48.7 Å². The first-order chi connectivity index (χ1) is 17.2. The molecule has 0 aromatic heterocycles. The summed E-state index contributed by atoms with van der Waals surface area (Å²) in [6, 6.07) is 18.9. The molecule has 4 nitrogen and oxygen atoms in total. The molecule has 2 atom stereocenters. The first-order valence-electron chi connectivity index (χ1n) is 11.7. The SMILES string of the molecule is CC[C@H](C)NC(=O)[C@H](Cc1ccccc1)N(Cc1c(Cl)cccc1Cl)C(=O)Cc1c(Cl)cccc1Cl. The lowest BCUT2D eigenvalue weighted by atomic mass is 10.0. The van der Waals surface area contributed by atoms with Gasteiger partial charge >= 0.3 is 0 Å². The van der Waals surface area contributed by atoms with Crippen molar-refractivity contribution >= 4 is 58.2 Å². The predicted octanol–water partition coefficient (Wildman–Crippen LogP) is 7.40. The highest BCUT2D eigenvalue weighted by Crippen LogP contribution is 2.29. The van der Waals surface area contributed by atoms with Crippen molar-refractivity contribution in [1.29, 1.82) is 0 Å². The van der Waals surface area contributed by atoms with Crippen LogP contribution >= 0.6 is 46.4 Å². The van der Waals surface area contributed by atoms with Crippen LogP contribution < -0.4 is 5.32 Å². The van der Waals surface area contributed by atoms with Gasteiger partial charge in [-0.2, -0.15) is 0 Å². The maximum absolute atomic E-state index is 13.9. The normalized spacial score (nSPS) is 12.6. The van der Waals surface area contributed by atoms with Gasteiger partial charge in [-0.15, -0.1) is 0 Å². The van der Waals surface area contributed by atoms with Crippen molar-refractivity contribution in [2.24, 2.45) is 0 Å². The molecule has 3 aromatic carbocycles. The number of nitrogens with zero attached hydrogens (tertiary/aromatic N) is 1. The summed E-state index contributed by atoms with van der Waals surface area (Å²) < 4.78 is 0. The number of carbonyl (C=O) groups is 2. The predicted molar refractivity (Wildman–Crippen MR) is 149 cm³/mol. The fourth-order valence-electron chi connectivity index (χ4n) is 3.80. The Hall–Kier alpha value is -2.24. The molecule has 0 fully saturated rings. The van der Waals surface area contributed by atoms with Crippen LogP contribution in [0.1, 0.15) is 37.0 Å². The second kappa shape index (κ2) is 13.3. The molecular weight excluding hydrogens is 538 g/mol. The van der Waals surface area contributed by atoms with Crippen LogP contribution in [0.4, 0.5) is 0 Å². The van der Waals surface area contributed by atoms with E-state index in [2.05, 4.69) is 5.32 Å². The minimum atomic E-state index is -0.817. The minimum Gasteiger partial charge on any atom is -0.352 e. The van der Waals surface area contributed by atoms with E-state index < -0.39 is 6.04 Å². The van der Waals surface area contributed by atoms with Crippen molar-refractivity contribution < 1.29 is 9.59 Å². The maximum Gasteiger partial charge on any atom is 0.243 e. The van der Waals surface area contributed by atoms with E-state index in [4.69, 9.17) is 46.4 Å². The third-order valence-electron chi connectivity index (χ3n) is 6.05. The lowest BCUT2D eigenvalue weighted by Gasteiger charge is -2.33. The van der Waals surface area contributed by atoms with Gasteiger partial charge in [-0.25, -0.2) is 0 Å². The second-order valence-electron chi connectivity index (χ2n) is 8.62. The molecule has 0 bridgehead atoms. The maximum atomic E-state index is 13.9. The van der Waals surface area contributed by atoms with Crippen LogP contribution in [0.5, 0.6) is 0 Å². The molecule has 0 unspecified atom stereocenters. The van der Waals surface area contributed by atoms with Crippen molar-refractivity contribution in [1.82, 2.24) is 10.2 Å². The molecule has 0 spiro atoms. The van der Waals surface area contributed by atoms with Crippen molar-refractivity contribution in [3.8, 4) is 0 Å². The third-order valence-corrected chi connectivity index (χ3v) is 7.47. The zero-order valence-corrected chi connectivity index (χ0v) is 23.1. The Balaban J connectivity index is 2.06. The molecule has 0 saturated carbocycles. The molecule has 0 aliphatic rings. The first kappa shape index (κ1) is 28.3. The van der Waals surface area contributed by atoms with Crippen LogP contribution in [0, 0.1) is 0 Å². The Bertz CT molecular complexity index is 1160. The van der Waals surface area contributed by atoms with Crippen LogP contribution in [0.3, 0.4) is 0 Å². The standard InChI is InChI=1S/C28H28Cl4N2O2/c1-3-18(2)33-28(36)26(15-19-9-5-4-6-10-19)34(17-21-24(31)13-8-14-25(21)32)27(35)16-20-22(29)11-7-12-23(20)30/h4-14,18,26H,3,15-17H2,1-2H3,(H,33,36)/t18-,26-/m0/s1. The number of hydrogen-bond donors (Lipinski definition) is 1. The Morgan fingerprint density at radius 1 is 0.806 bits per heavy atom. The highest BCUT2D eigenvalue weighted by molar-refractivity contribution is 6.36. The Morgan fingerprint density at radius 2 is 1.33 bits per heavy atom. The number of carbonyl (C=O) groups excluding carboxylic acids is 2. The Morgan fingerprint density at radius 3 is 1.86 bits per heavy atom. The summed E-state index contributed by atoms with van der Waals surface area (Å²) in [6.07, 6.45) is 0.985. The van der Waals surface area contributed by atoms with E-state index in [1.54, 1.807) is 36.4 Å². The molecule has 0 aliphatic heterocycles. The molecule has 0 radical (unpaired) electrons. The van der Waals surface area contributed by atoms with Gasteiger partial charge < -0.3 is 10.2 Å². The van der Waals surface area contributed by atoms with E-state index in [1.165, 1.54) is 4.90 Å². The fraction of sp³-hybridized carbons (Fsp3) is 0.286. The van der Waals surface area contributed by atoms with Crippen molar-refractivity contribution in [3.63, 3.8) is 0 Å². The number of nitrogens with one attached hydrogen (secondary N) is 1. The van der Waals surface area contributed by atoms with Crippen LogP contribution in [0.2, 0.25) is 20.1 Å². The van der Waals surface area contributed by atoms with Crippen molar-refractivity contribution in [3.05, 3.63) is 104 Å². The summed E-state index contributed by atoms with van der Waals surface area (Å²) in [7, 11) is 0. The number of amides is 2. The van der Waals surface area contributed by atoms with E-state index in [0.717, 1.165) is 12.0 Å². The summed E-state index contributed by atoms with van der Waals surface area (Å²) in [4.78, 5) is 29.0. The number of rotatable bonds is 10. The average Bonchev–Trinajstić information content (AvgIpc) is 2.85. The molecule has 1 N–H and O–H groups in total. The van der Waals surface area contributed by atoms with Gasteiger partial charge in [0.1, 0.15) is 6.04 Å². The first-order valence-corrected chi connectivity index (χ1v) is 13.2. The summed E-state index contributed by atoms with van der Waals surface area (Å²) in [5.41, 5.74) is 1.98. The van der Waals surface area contributed by atoms with Gasteiger partial charge in [0.05, 0.1) is 6.42 Å². The zero-order valence-electron chi connectivity index (χ0n) is 20.1. The molecule has 190 valence electrons. The van der Waals surface area contributed by atoms with Crippen LogP contribution in [-0.2, 0) is 29.0 Å². The quantitative estimate of drug-likeness (QED) is 0.278. The van der Waals surface area contributed by atoms with E-state index in [-0.39, 0.29) is 30.8 Å². The van der Waals surface area contributed by atoms with Crippen molar-refractivity contribution in [2.45, 2.75) is 51.7 Å². The summed E-state index contributed by atoms with van der Waals surface area (Å²) in [6.45, 7) is 3.96. The number of hydrogen-bond acceptors (Lipinski definition) is 2. The number of halogens is 4. The van der Waals surface area contributed by atoms with E-state index in [9.17, 15) is 9.59 Å². The van der Waals surface area contributed by atoms with Gasteiger partial charge in [0.25, 0.3) is 0 Å². The minimum absolute atomic E-state index is 0.0465. The monoisotopic (exact) mass is 564 g/mol. The van der Waals surface area contributed by atoms with Crippen molar-refractivity contribution in [2.75, 3.05) is 0 Å². The second-order valence-corrected chi connectivity index (χ2v) is 10.3. The molecule has 8 heteroatoms. The summed E-state index contributed by atoms with van der Waals surface area (Å²) >= 11 is 25.7. The molecular formula is C28H28Cl4N2O2. The third kappa shape index (κ3) is 7.39. The van der Waals surface area contributed by atoms with Gasteiger partial charge in [0.2, 0.25) is 11.8 Å². The molecule has 3 rings (SSSR count). The average molecular weight is 566 g/mol. The Kier molecular flexibility index (Phi) is 10.5. The molecule has 36 heavy (non-hydrogen) atoms. The molecule has 0 heterocycles. The topological polar surface area (TPSA) is 49.4 Å². The molecule has 0 aliphatic carbocycles. The van der Waals surface area contributed by atoms with Crippen LogP contribution in [0.15, 0.2) is 66.7 Å². The number of benzene rings is 3. The van der Waals surface area contributed by atoms with Gasteiger partial charge in [0.15, 0.2) is 0 Å². The smallest absolute Gasteiger partial charge is 0.243 e. The summed E-state index contributed by atoms with van der Waals surface area (Å²) in [5.74, 6) is -0.573. The highest BCUT2D eigenvalue weighted by Gasteiger charge is 2.32. The van der Waals surface area contributed by atoms with Crippen LogP contribution in [-0.4, -0.2) is 28.8 Å². The van der Waals surface area contributed by atoms with Gasteiger partial charge in [-0.3, -0.25) is 9.59 Å². The zero-order chi connectivity index (χ0) is 26.2. The molecule has 2 amide bonds.